The Labute approximate surface area is 112 Å². The zero-order chi connectivity index (χ0) is 13.2. The van der Waals surface area contributed by atoms with Gasteiger partial charge in [0.15, 0.2) is 0 Å². The molecule has 0 bridgehead atoms. The molecule has 1 N–H and O–H groups in total. The van der Waals surface area contributed by atoms with Crippen LogP contribution in [0.1, 0.15) is 40.0 Å². The number of rotatable bonds is 5. The van der Waals surface area contributed by atoms with Crippen molar-refractivity contribution in [3.63, 3.8) is 0 Å². The van der Waals surface area contributed by atoms with Crippen molar-refractivity contribution >= 4 is 0 Å². The summed E-state index contributed by atoms with van der Waals surface area (Å²) in [5.74, 6) is 0.815. The number of hydrogen-bond donors (Lipinski definition) is 1. The van der Waals surface area contributed by atoms with Gasteiger partial charge >= 0.3 is 0 Å². The molecule has 2 fully saturated rings. The second kappa shape index (κ2) is 5.89. The predicted octanol–water partition coefficient (Wildman–Crippen LogP) is 2.12. The molecule has 0 aromatic carbocycles. The fourth-order valence-electron chi connectivity index (χ4n) is 3.86. The van der Waals surface area contributed by atoms with Crippen LogP contribution in [0.5, 0.6) is 0 Å². The Morgan fingerprint density at radius 3 is 2.72 bits per heavy atom. The molecule has 1 aliphatic carbocycles. The lowest BCUT2D eigenvalue weighted by Gasteiger charge is -2.33. The van der Waals surface area contributed by atoms with Gasteiger partial charge in [-0.2, -0.15) is 0 Å². The summed E-state index contributed by atoms with van der Waals surface area (Å²) >= 11 is 0. The summed E-state index contributed by atoms with van der Waals surface area (Å²) in [6.45, 7) is 11.7. The average molecular weight is 254 g/mol. The zero-order valence-electron chi connectivity index (χ0n) is 12.5. The van der Waals surface area contributed by atoms with Gasteiger partial charge in [0, 0.05) is 32.8 Å². The van der Waals surface area contributed by atoms with Crippen LogP contribution in [-0.2, 0) is 4.74 Å². The summed E-state index contributed by atoms with van der Waals surface area (Å²) in [5, 5.41) is 3.73. The lowest BCUT2D eigenvalue weighted by molar-refractivity contribution is 0.104. The number of methoxy groups -OCH3 is 1. The van der Waals surface area contributed by atoms with Crippen molar-refractivity contribution in [3.05, 3.63) is 0 Å². The van der Waals surface area contributed by atoms with E-state index in [1.54, 1.807) is 0 Å². The smallest absolute Gasteiger partial charge is 0.0710 e. The highest BCUT2D eigenvalue weighted by Gasteiger charge is 2.42. The van der Waals surface area contributed by atoms with E-state index in [1.165, 1.54) is 32.4 Å². The summed E-state index contributed by atoms with van der Waals surface area (Å²) < 4.78 is 5.46. The van der Waals surface area contributed by atoms with Crippen LogP contribution in [0.4, 0.5) is 0 Å². The van der Waals surface area contributed by atoms with Crippen molar-refractivity contribution in [2.45, 2.75) is 52.2 Å². The van der Waals surface area contributed by atoms with Crippen molar-refractivity contribution in [2.24, 2.45) is 11.3 Å². The first kappa shape index (κ1) is 14.3. The summed E-state index contributed by atoms with van der Waals surface area (Å²) in [5.41, 5.74) is 0.459. The topological polar surface area (TPSA) is 24.5 Å². The van der Waals surface area contributed by atoms with Crippen LogP contribution in [0, 0.1) is 11.3 Å². The van der Waals surface area contributed by atoms with Gasteiger partial charge < -0.3 is 15.0 Å². The molecule has 1 heterocycles. The second-order valence-electron chi connectivity index (χ2n) is 6.73. The highest BCUT2D eigenvalue weighted by molar-refractivity contribution is 4.97. The van der Waals surface area contributed by atoms with Crippen molar-refractivity contribution in [1.82, 2.24) is 10.2 Å². The fraction of sp³-hybridized carbons (Fsp3) is 1.00. The van der Waals surface area contributed by atoms with E-state index >= 15 is 0 Å². The molecule has 2 rings (SSSR count). The van der Waals surface area contributed by atoms with Crippen LogP contribution in [-0.4, -0.2) is 50.3 Å². The molecular formula is C15H30N2O. The minimum Gasteiger partial charge on any atom is -0.380 e. The first-order valence-corrected chi connectivity index (χ1v) is 7.55. The Hall–Kier alpha value is -0.120. The number of nitrogens with one attached hydrogen (secondary N) is 1. The van der Waals surface area contributed by atoms with Gasteiger partial charge in [0.25, 0.3) is 0 Å². The molecule has 0 amide bonds. The molecule has 3 unspecified atom stereocenters. The van der Waals surface area contributed by atoms with Crippen LogP contribution >= 0.6 is 0 Å². The van der Waals surface area contributed by atoms with E-state index in [9.17, 15) is 0 Å². The SMILES string of the molecule is CCNC1C(CN2CCC(OC)C2)CCC1(C)C. The Morgan fingerprint density at radius 1 is 1.33 bits per heavy atom. The Bertz CT molecular complexity index is 267. The van der Waals surface area contributed by atoms with Crippen LogP contribution < -0.4 is 5.32 Å². The molecule has 3 atom stereocenters. The Kier molecular flexibility index (Phi) is 4.68. The fourth-order valence-corrected chi connectivity index (χ4v) is 3.86. The molecule has 0 radical (unpaired) electrons. The largest absolute Gasteiger partial charge is 0.380 e. The van der Waals surface area contributed by atoms with Gasteiger partial charge in [-0.05, 0) is 37.1 Å². The van der Waals surface area contributed by atoms with Gasteiger partial charge in [0.05, 0.1) is 6.10 Å². The lowest BCUT2D eigenvalue weighted by atomic mass is 9.84. The third kappa shape index (κ3) is 3.06. The standard InChI is InChI=1S/C15H30N2O/c1-5-16-14-12(6-8-15(14,2)3)10-17-9-7-13(11-17)18-4/h12-14,16H,5-11H2,1-4H3. The summed E-state index contributed by atoms with van der Waals surface area (Å²) in [6, 6.07) is 0.684. The number of ether oxygens (including phenoxy) is 1. The maximum atomic E-state index is 5.46. The van der Waals surface area contributed by atoms with E-state index in [-0.39, 0.29) is 0 Å². The van der Waals surface area contributed by atoms with E-state index in [4.69, 9.17) is 4.74 Å². The maximum absolute atomic E-state index is 5.46. The maximum Gasteiger partial charge on any atom is 0.0710 e. The first-order chi connectivity index (χ1) is 8.56. The van der Waals surface area contributed by atoms with E-state index in [1.807, 2.05) is 7.11 Å². The van der Waals surface area contributed by atoms with E-state index in [2.05, 4.69) is 31.0 Å². The minimum absolute atomic E-state index is 0.459. The van der Waals surface area contributed by atoms with E-state index in [0.717, 1.165) is 19.0 Å². The molecule has 3 nitrogen and oxygen atoms in total. The normalized spacial score (nSPS) is 36.3. The van der Waals surface area contributed by atoms with E-state index in [0.29, 0.717) is 17.6 Å². The van der Waals surface area contributed by atoms with Crippen molar-refractivity contribution < 1.29 is 4.74 Å². The van der Waals surface area contributed by atoms with Gasteiger partial charge in [-0.25, -0.2) is 0 Å². The molecule has 0 aromatic heterocycles. The third-order valence-electron chi connectivity index (χ3n) is 4.95. The van der Waals surface area contributed by atoms with Gasteiger partial charge in [-0.3, -0.25) is 0 Å². The molecule has 0 spiro atoms. The van der Waals surface area contributed by atoms with Crippen LogP contribution in [0.15, 0.2) is 0 Å². The number of hydrogen-bond acceptors (Lipinski definition) is 3. The molecular weight excluding hydrogens is 224 g/mol. The molecule has 2 aliphatic rings. The quantitative estimate of drug-likeness (QED) is 0.813. The predicted molar refractivity (Wildman–Crippen MR) is 75.8 cm³/mol. The van der Waals surface area contributed by atoms with Crippen LogP contribution in [0.25, 0.3) is 0 Å². The summed E-state index contributed by atoms with van der Waals surface area (Å²) in [7, 11) is 1.84. The molecule has 106 valence electrons. The van der Waals surface area contributed by atoms with Crippen molar-refractivity contribution in [3.8, 4) is 0 Å². The molecule has 1 saturated heterocycles. The highest BCUT2D eigenvalue weighted by atomic mass is 16.5. The molecule has 1 saturated carbocycles. The minimum atomic E-state index is 0.459. The molecule has 0 aromatic rings. The van der Waals surface area contributed by atoms with Crippen molar-refractivity contribution in [2.75, 3.05) is 33.3 Å². The molecule has 18 heavy (non-hydrogen) atoms. The van der Waals surface area contributed by atoms with Crippen molar-refractivity contribution in [1.29, 1.82) is 0 Å². The highest BCUT2D eigenvalue weighted by Crippen LogP contribution is 2.41. The average Bonchev–Trinajstić information content (AvgIpc) is 2.89. The van der Waals surface area contributed by atoms with Crippen LogP contribution in [0.2, 0.25) is 0 Å². The van der Waals surface area contributed by atoms with Gasteiger partial charge in [0.1, 0.15) is 0 Å². The zero-order valence-corrected chi connectivity index (χ0v) is 12.5. The monoisotopic (exact) mass is 254 g/mol. The van der Waals surface area contributed by atoms with Gasteiger partial charge in [-0.1, -0.05) is 20.8 Å². The lowest BCUT2D eigenvalue weighted by Crippen LogP contribution is -2.45. The van der Waals surface area contributed by atoms with E-state index < -0.39 is 0 Å². The first-order valence-electron chi connectivity index (χ1n) is 7.55. The van der Waals surface area contributed by atoms with Gasteiger partial charge in [-0.15, -0.1) is 0 Å². The Balaban J connectivity index is 1.89. The summed E-state index contributed by atoms with van der Waals surface area (Å²) in [6.07, 6.45) is 4.41. The molecule has 1 aliphatic heterocycles. The summed E-state index contributed by atoms with van der Waals surface area (Å²) in [4.78, 5) is 2.60. The Morgan fingerprint density at radius 2 is 2.11 bits per heavy atom. The number of likely N-dealkylation sites (tertiary alicyclic amines) is 1. The van der Waals surface area contributed by atoms with Gasteiger partial charge in [0.2, 0.25) is 0 Å². The third-order valence-corrected chi connectivity index (χ3v) is 4.95. The number of nitrogens with zero attached hydrogens (tertiary/aromatic N) is 1. The second-order valence-corrected chi connectivity index (χ2v) is 6.73. The molecule has 3 heteroatoms. The van der Waals surface area contributed by atoms with Crippen LogP contribution in [0.3, 0.4) is 0 Å².